The number of alkyl halides is 1. The number of carbonyl (C=O) groups excluding carboxylic acids is 3. The van der Waals surface area contributed by atoms with Crippen LogP contribution in [-0.4, -0.2) is 71.6 Å². The average molecular weight is 682 g/mol. The summed E-state index contributed by atoms with van der Waals surface area (Å²) in [6.07, 6.45) is 1.93. The minimum atomic E-state index is -5.08. The van der Waals surface area contributed by atoms with Gasteiger partial charge in [0.15, 0.2) is 0 Å². The molecule has 0 saturated carbocycles. The van der Waals surface area contributed by atoms with E-state index in [1.165, 1.54) is 0 Å². The van der Waals surface area contributed by atoms with Crippen molar-refractivity contribution in [2.75, 3.05) is 33.0 Å². The predicted octanol–water partition coefficient (Wildman–Crippen LogP) is 6.47. The lowest BCUT2D eigenvalue weighted by Crippen LogP contribution is -2.41. The van der Waals surface area contributed by atoms with Crippen LogP contribution in [0.15, 0.2) is 24.3 Å². The van der Waals surface area contributed by atoms with Crippen LogP contribution in [0.25, 0.3) is 0 Å². The smallest absolute Gasteiger partial charge is 0.319 e. The Morgan fingerprint density at radius 1 is 0.744 bits per heavy atom. The lowest BCUT2D eigenvalue weighted by atomic mass is 10.0. The first kappa shape index (κ1) is 36.5. The molecule has 0 fully saturated rings. The van der Waals surface area contributed by atoms with Gasteiger partial charge in [-0.15, -0.1) is 0 Å². The number of hydrogen-bond donors (Lipinski definition) is 1. The molecule has 1 N–H and O–H groups in total. The summed E-state index contributed by atoms with van der Waals surface area (Å²) in [5.41, 5.74) is -0.776. The number of carboxylic acids is 1. The number of benzene rings is 2. The Hall–Kier alpha value is -2.65. The van der Waals surface area contributed by atoms with E-state index in [1.807, 2.05) is 13.8 Å². The Morgan fingerprint density at radius 3 is 1.53 bits per heavy atom. The molecule has 0 aliphatic rings. The van der Waals surface area contributed by atoms with Crippen molar-refractivity contribution in [1.29, 1.82) is 0 Å². The molecule has 0 aliphatic carbocycles. The molecule has 2 unspecified atom stereocenters. The molecular weight excluding hydrogens is 639 g/mol. The van der Waals surface area contributed by atoms with Crippen molar-refractivity contribution in [2.45, 2.75) is 71.8 Å². The van der Waals surface area contributed by atoms with Crippen molar-refractivity contribution in [1.82, 2.24) is 0 Å². The van der Waals surface area contributed by atoms with Crippen molar-refractivity contribution >= 4 is 46.1 Å². The van der Waals surface area contributed by atoms with Crippen LogP contribution in [0.1, 0.15) is 73.9 Å². The average Bonchev–Trinajstić information content (AvgIpc) is 2.90. The maximum atomic E-state index is 15.2. The zero-order valence-electron chi connectivity index (χ0n) is 26.0. The van der Waals surface area contributed by atoms with Crippen molar-refractivity contribution < 1.29 is 43.1 Å². The maximum absolute atomic E-state index is 15.2. The van der Waals surface area contributed by atoms with Crippen molar-refractivity contribution in [3.63, 3.8) is 0 Å². The molecule has 0 radical (unpaired) electrons. The van der Waals surface area contributed by atoms with Crippen LogP contribution in [0, 0.1) is 41.5 Å². The van der Waals surface area contributed by atoms with Crippen LogP contribution >= 0.6 is 23.1 Å². The van der Waals surface area contributed by atoms with E-state index in [9.17, 15) is 24.3 Å². The van der Waals surface area contributed by atoms with Crippen LogP contribution in [0.2, 0.25) is 0 Å². The maximum Gasteiger partial charge on any atom is 0.319 e. The van der Waals surface area contributed by atoms with Crippen LogP contribution in [-0.2, 0) is 28.4 Å². The summed E-state index contributed by atoms with van der Waals surface area (Å²) >= 11 is 2.96. The number of hydrogen-bond acceptors (Lipinski definition) is 8. The Morgan fingerprint density at radius 2 is 1.14 bits per heavy atom. The van der Waals surface area contributed by atoms with Gasteiger partial charge >= 0.3 is 11.9 Å². The number of ether oxygens (including phenoxy) is 3. The predicted molar refractivity (Wildman–Crippen MR) is 169 cm³/mol. The fourth-order valence-electron chi connectivity index (χ4n) is 5.15. The fraction of sp³-hybridized carbons (Fsp3) is 0.500. The van der Waals surface area contributed by atoms with Crippen LogP contribution in [0.5, 0.6) is 0 Å². The molecule has 43 heavy (non-hydrogen) atoms. The number of carbonyl (C=O) groups is 4. The zero-order valence-corrected chi connectivity index (χ0v) is 28.4. The lowest BCUT2D eigenvalue weighted by Gasteiger charge is -2.28. The summed E-state index contributed by atoms with van der Waals surface area (Å²) in [5, 5.41) is 9.95. The third kappa shape index (κ3) is 8.94. The molecule has 236 valence electrons. The molecule has 0 aromatic heterocycles. The van der Waals surface area contributed by atoms with Gasteiger partial charge in [-0.2, -0.15) is 0 Å². The minimum absolute atomic E-state index is 0.0130. The van der Waals surface area contributed by atoms with Gasteiger partial charge in [-0.25, -0.2) is 0 Å². The molecule has 0 aliphatic heterocycles. The van der Waals surface area contributed by atoms with Gasteiger partial charge in [-0.05, 0) is 70.2 Å². The number of halogens is 1. The third-order valence-electron chi connectivity index (χ3n) is 7.02. The van der Waals surface area contributed by atoms with E-state index >= 15 is 4.57 Å². The van der Waals surface area contributed by atoms with Gasteiger partial charge in [0.2, 0.25) is 18.2 Å². The van der Waals surface area contributed by atoms with Crippen LogP contribution in [0.4, 0.5) is 0 Å². The molecule has 11 heteroatoms. The third-order valence-corrected chi connectivity index (χ3v) is 11.3. The topological polar surface area (TPSA) is 133 Å². The Bertz CT molecular complexity index is 1280. The molecule has 2 atom stereocenters. The van der Waals surface area contributed by atoms with Crippen molar-refractivity contribution in [3.8, 4) is 0 Å². The van der Waals surface area contributed by atoms with E-state index in [0.717, 1.165) is 24.0 Å². The van der Waals surface area contributed by atoms with Crippen molar-refractivity contribution in [2.24, 2.45) is 0 Å². The van der Waals surface area contributed by atoms with E-state index in [1.54, 1.807) is 52.0 Å². The molecule has 0 spiro atoms. The highest BCUT2D eigenvalue weighted by molar-refractivity contribution is 9.10. The minimum Gasteiger partial charge on any atom is -0.480 e. The lowest BCUT2D eigenvalue weighted by molar-refractivity contribution is -0.148. The zero-order chi connectivity index (χ0) is 32.5. The first-order valence-corrected chi connectivity index (χ1v) is 16.9. The summed E-state index contributed by atoms with van der Waals surface area (Å²) in [7, 11) is -5.08. The van der Waals surface area contributed by atoms with Crippen LogP contribution < -0.4 is 0 Å². The number of carboxylic acid groups (broad SMARTS) is 1. The highest BCUT2D eigenvalue weighted by Gasteiger charge is 2.57. The molecule has 9 nitrogen and oxygen atoms in total. The van der Waals surface area contributed by atoms with Gasteiger partial charge in [0.1, 0.15) is 17.1 Å². The second-order valence-electron chi connectivity index (χ2n) is 10.7. The van der Waals surface area contributed by atoms with E-state index in [2.05, 4.69) is 22.9 Å². The molecule has 2 aromatic carbocycles. The quantitative estimate of drug-likeness (QED) is 0.0863. The molecular formula is C32H42BrO9P. The summed E-state index contributed by atoms with van der Waals surface area (Å²) in [6, 6.07) is 6.82. The number of esters is 1. The first-order valence-electron chi connectivity index (χ1n) is 14.2. The largest absolute Gasteiger partial charge is 0.480 e. The number of aliphatic carboxylic acids is 1. The SMILES string of the molecule is CCCCOCCOCCOC(=O)C(C(Br)C(=O)O)P(=O)(C(=O)c1c(C)cc(C)cc1C)C(=O)c1c(C)cc(C)cc1C. The van der Waals surface area contributed by atoms with E-state index in [4.69, 9.17) is 14.2 Å². The van der Waals surface area contributed by atoms with E-state index in [-0.39, 0.29) is 30.9 Å². The molecule has 0 heterocycles. The summed E-state index contributed by atoms with van der Waals surface area (Å²) < 4.78 is 31.4. The monoisotopic (exact) mass is 680 g/mol. The van der Waals surface area contributed by atoms with Gasteiger partial charge in [-0.3, -0.25) is 19.2 Å². The molecule has 0 amide bonds. The number of rotatable bonds is 17. The van der Waals surface area contributed by atoms with Gasteiger partial charge in [-0.1, -0.05) is 64.7 Å². The fourth-order valence-corrected chi connectivity index (χ4v) is 9.30. The Kier molecular flexibility index (Phi) is 14.0. The normalized spacial score (nSPS) is 12.9. The van der Waals surface area contributed by atoms with Gasteiger partial charge in [0.05, 0.1) is 19.8 Å². The second-order valence-corrected chi connectivity index (χ2v) is 14.4. The number of unbranched alkanes of at least 4 members (excludes halogenated alkanes) is 1. The first-order chi connectivity index (χ1) is 20.2. The Balaban J connectivity index is 2.58. The molecule has 2 rings (SSSR count). The standard InChI is InChI=1S/C32H42BrO9P/c1-8-9-10-40-11-12-41-13-14-42-30(36)28(27(33)29(34)35)43(39,31(37)25-21(4)15-19(2)16-22(25)5)32(38)26-23(6)17-20(3)18-24(26)7/h15-18,27-28H,8-14H2,1-7H3,(H,34,35). The molecule has 2 aromatic rings. The van der Waals surface area contributed by atoms with Gasteiger partial charge < -0.3 is 23.9 Å². The summed E-state index contributed by atoms with van der Waals surface area (Å²) in [6.45, 7) is 13.1. The van der Waals surface area contributed by atoms with E-state index < -0.39 is 40.6 Å². The highest BCUT2D eigenvalue weighted by atomic mass is 79.9. The number of aryl methyl sites for hydroxylation is 6. The summed E-state index contributed by atoms with van der Waals surface area (Å²) in [4.78, 5) is 52.7. The second kappa shape index (κ2) is 16.4. The van der Waals surface area contributed by atoms with Crippen molar-refractivity contribution in [3.05, 3.63) is 68.8 Å². The Labute approximate surface area is 262 Å². The highest BCUT2D eigenvalue weighted by Crippen LogP contribution is 2.60. The van der Waals surface area contributed by atoms with Gasteiger partial charge in [0.25, 0.3) is 0 Å². The van der Waals surface area contributed by atoms with E-state index in [0.29, 0.717) is 35.5 Å². The van der Waals surface area contributed by atoms with Gasteiger partial charge in [0, 0.05) is 17.7 Å². The molecule has 0 saturated heterocycles. The summed E-state index contributed by atoms with van der Waals surface area (Å²) in [5.74, 6) is -2.82. The van der Waals surface area contributed by atoms with Crippen LogP contribution in [0.3, 0.4) is 0 Å². The molecule has 0 bridgehead atoms.